The van der Waals surface area contributed by atoms with Crippen LogP contribution in [0, 0.1) is 16.7 Å². The van der Waals surface area contributed by atoms with Gasteiger partial charge in [0.2, 0.25) is 0 Å². The lowest BCUT2D eigenvalue weighted by molar-refractivity contribution is 0.0768. The zero-order chi connectivity index (χ0) is 29.8. The van der Waals surface area contributed by atoms with Gasteiger partial charge in [0.05, 0.1) is 12.1 Å². The minimum Gasteiger partial charge on any atom is -0.313 e. The molecule has 2 spiro atoms. The van der Waals surface area contributed by atoms with E-state index in [2.05, 4.69) is 68.7 Å². The van der Waals surface area contributed by atoms with Crippen LogP contribution in [-0.4, -0.2) is 54.5 Å². The highest BCUT2D eigenvalue weighted by Gasteiger charge is 2.70. The molecule has 2 saturated carbocycles. The summed E-state index contributed by atoms with van der Waals surface area (Å²) in [6, 6.07) is 19.7. The number of benzene rings is 2. The number of rotatable bonds is 6. The summed E-state index contributed by atoms with van der Waals surface area (Å²) in [6.07, 6.45) is 7.81. The second-order valence-corrected chi connectivity index (χ2v) is 13.0. The zero-order valence-corrected chi connectivity index (χ0v) is 24.7. The topological polar surface area (TPSA) is 120 Å². The Morgan fingerprint density at radius 1 is 1.00 bits per heavy atom. The van der Waals surface area contributed by atoms with Gasteiger partial charge in [0.15, 0.2) is 0 Å². The molecule has 1 saturated heterocycles. The first-order valence-electron chi connectivity index (χ1n) is 15.0. The van der Waals surface area contributed by atoms with Crippen molar-refractivity contribution in [1.29, 1.82) is 0 Å². The number of hydrogen-bond acceptors (Lipinski definition) is 6. The minimum atomic E-state index is -0.319. The number of nitrogens with one attached hydrogen (secondary N) is 2. The summed E-state index contributed by atoms with van der Waals surface area (Å²) in [5, 5.41) is 16.0. The van der Waals surface area contributed by atoms with E-state index >= 15 is 0 Å². The fraction of sp³-hybridized carbons (Fsp3) is 0.394. The summed E-state index contributed by atoms with van der Waals surface area (Å²) >= 11 is 0. The summed E-state index contributed by atoms with van der Waals surface area (Å²) in [5.74, 6) is 0.498. The molecular weight excluding hydrogens is 540 g/mol. The van der Waals surface area contributed by atoms with Crippen molar-refractivity contribution in [2.24, 2.45) is 16.7 Å². The monoisotopic (exact) mass is 576 g/mol. The second kappa shape index (κ2) is 10.00. The number of hydrogen-bond donors (Lipinski definition) is 2. The number of nitrogens with zero attached hydrogens (tertiary/aromatic N) is 6. The molecule has 10 nitrogen and oxygen atoms in total. The van der Waals surface area contributed by atoms with Crippen LogP contribution in [0.25, 0.3) is 11.1 Å². The molecule has 2 aromatic carbocycles. The Bertz CT molecular complexity index is 1640. The van der Waals surface area contributed by atoms with Crippen molar-refractivity contribution < 1.29 is 9.59 Å². The van der Waals surface area contributed by atoms with Crippen molar-refractivity contribution in [2.45, 2.75) is 58.5 Å². The van der Waals surface area contributed by atoms with E-state index in [0.29, 0.717) is 35.4 Å². The van der Waals surface area contributed by atoms with Crippen LogP contribution < -0.4 is 10.2 Å². The Balaban J connectivity index is 1.16. The van der Waals surface area contributed by atoms with Gasteiger partial charge in [-0.15, -0.1) is 5.10 Å². The average Bonchev–Trinajstić information content (AvgIpc) is 3.44. The lowest BCUT2D eigenvalue weighted by Gasteiger charge is -2.44. The number of aromatic nitrogens is 5. The maximum atomic E-state index is 14.3. The van der Waals surface area contributed by atoms with E-state index in [0.717, 1.165) is 48.1 Å². The lowest BCUT2D eigenvalue weighted by atomic mass is 9.71. The summed E-state index contributed by atoms with van der Waals surface area (Å²) in [5.41, 5.74) is 4.98. The highest BCUT2D eigenvalue weighted by atomic mass is 16.2. The highest BCUT2D eigenvalue weighted by molar-refractivity contribution is 6.03. The summed E-state index contributed by atoms with van der Waals surface area (Å²) in [4.78, 5) is 35.2. The summed E-state index contributed by atoms with van der Waals surface area (Å²) < 4.78 is 0. The molecule has 1 unspecified atom stereocenters. The molecule has 3 fully saturated rings. The molecule has 3 aliphatic rings. The fourth-order valence-electron chi connectivity index (χ4n) is 7.86. The van der Waals surface area contributed by atoms with Crippen LogP contribution >= 0.6 is 0 Å². The van der Waals surface area contributed by atoms with Crippen molar-refractivity contribution in [2.75, 3.05) is 16.8 Å². The van der Waals surface area contributed by atoms with Crippen LogP contribution in [0.4, 0.5) is 16.4 Å². The predicted octanol–water partition coefficient (Wildman–Crippen LogP) is 5.93. The average molecular weight is 577 g/mol. The van der Waals surface area contributed by atoms with Crippen molar-refractivity contribution >= 4 is 23.6 Å². The van der Waals surface area contributed by atoms with Gasteiger partial charge in [0.25, 0.3) is 11.9 Å². The van der Waals surface area contributed by atoms with E-state index in [9.17, 15) is 9.59 Å². The zero-order valence-electron chi connectivity index (χ0n) is 24.7. The van der Waals surface area contributed by atoms with Crippen LogP contribution in [0.5, 0.6) is 0 Å². The largest absolute Gasteiger partial charge is 0.325 e. The van der Waals surface area contributed by atoms with E-state index in [-0.39, 0.29) is 23.4 Å². The predicted molar refractivity (Wildman–Crippen MR) is 163 cm³/mol. The Labute approximate surface area is 250 Å². The van der Waals surface area contributed by atoms with Crippen molar-refractivity contribution in [3.8, 4) is 11.1 Å². The molecule has 1 atom stereocenters. The van der Waals surface area contributed by atoms with E-state index in [1.165, 1.54) is 0 Å². The van der Waals surface area contributed by atoms with Crippen LogP contribution in [-0.2, 0) is 6.54 Å². The Kier molecular flexibility index (Phi) is 6.34. The van der Waals surface area contributed by atoms with Crippen LogP contribution in [0.1, 0.15) is 62.4 Å². The molecular formula is C33H36N8O2. The van der Waals surface area contributed by atoms with Crippen LogP contribution in [0.2, 0.25) is 0 Å². The molecule has 3 heterocycles. The maximum Gasteiger partial charge on any atom is 0.325 e. The van der Waals surface area contributed by atoms with Crippen LogP contribution in [0.15, 0.2) is 73.1 Å². The smallest absolute Gasteiger partial charge is 0.313 e. The van der Waals surface area contributed by atoms with Gasteiger partial charge in [-0.25, -0.2) is 4.79 Å². The molecule has 2 aromatic heterocycles. The number of anilines is 2. The van der Waals surface area contributed by atoms with E-state index in [1.54, 1.807) is 24.5 Å². The molecule has 2 aliphatic carbocycles. The quantitative estimate of drug-likeness (QED) is 0.294. The number of pyridine rings is 1. The van der Waals surface area contributed by atoms with E-state index in [4.69, 9.17) is 0 Å². The molecule has 4 aromatic rings. The highest BCUT2D eigenvalue weighted by Crippen LogP contribution is 2.75. The van der Waals surface area contributed by atoms with Gasteiger partial charge in [-0.1, -0.05) is 50.1 Å². The molecule has 3 amide bonds. The first kappa shape index (κ1) is 27.2. The van der Waals surface area contributed by atoms with Crippen molar-refractivity contribution in [3.63, 3.8) is 0 Å². The molecule has 220 valence electrons. The van der Waals surface area contributed by atoms with Gasteiger partial charge >= 0.3 is 6.03 Å². The Morgan fingerprint density at radius 2 is 1.72 bits per heavy atom. The molecule has 1 aliphatic heterocycles. The van der Waals surface area contributed by atoms with Gasteiger partial charge in [-0.05, 0) is 101 Å². The number of amides is 3. The third-order valence-electron chi connectivity index (χ3n) is 11.0. The number of carbonyl (C=O) groups is 2. The Morgan fingerprint density at radius 3 is 2.37 bits per heavy atom. The van der Waals surface area contributed by atoms with Crippen molar-refractivity contribution in [3.05, 3.63) is 84.2 Å². The number of urea groups is 1. The summed E-state index contributed by atoms with van der Waals surface area (Å²) in [6.45, 7) is 8.35. The fourth-order valence-corrected chi connectivity index (χ4v) is 7.86. The third-order valence-corrected chi connectivity index (χ3v) is 11.0. The normalized spacial score (nSPS) is 23.6. The molecule has 2 N–H and O–H groups in total. The standard InChI is InChI=1S/C33H36N8O2/c1-22-31(2,3)33(22)15-13-32(14-16-33)21-40(27-6-4-5-26(19-27)24-11-17-34-18-12-24)30(43)41(32)20-23-7-9-25(10-8-23)28(42)35-29-36-38-39-37-29/h4-12,17-19,22H,13-16,20-21H2,1-3H3,(H2,35,36,37,38,39,42). The molecule has 43 heavy (non-hydrogen) atoms. The third kappa shape index (κ3) is 4.47. The number of tetrazole rings is 1. The van der Waals surface area contributed by atoms with Gasteiger partial charge in [0.1, 0.15) is 0 Å². The second-order valence-electron chi connectivity index (χ2n) is 13.0. The van der Waals surface area contributed by atoms with Gasteiger partial charge in [-0.3, -0.25) is 20.0 Å². The van der Waals surface area contributed by atoms with E-state index < -0.39 is 0 Å². The Hall–Kier alpha value is -4.60. The van der Waals surface area contributed by atoms with Gasteiger partial charge < -0.3 is 4.90 Å². The molecule has 0 bridgehead atoms. The molecule has 0 radical (unpaired) electrons. The maximum absolute atomic E-state index is 14.3. The minimum absolute atomic E-state index is 0.0323. The lowest BCUT2D eigenvalue weighted by Crippen LogP contribution is -2.49. The molecule has 10 heteroatoms. The van der Waals surface area contributed by atoms with Gasteiger partial charge in [-0.2, -0.15) is 5.21 Å². The van der Waals surface area contributed by atoms with Crippen molar-refractivity contribution in [1.82, 2.24) is 30.5 Å². The molecule has 7 rings (SSSR count). The number of aromatic amines is 1. The van der Waals surface area contributed by atoms with Crippen LogP contribution in [0.3, 0.4) is 0 Å². The first-order chi connectivity index (χ1) is 20.7. The van der Waals surface area contributed by atoms with E-state index in [1.807, 2.05) is 41.3 Å². The SMILES string of the molecule is CC1C(C)(C)C12CCC1(CC2)CN(c2cccc(-c3ccncc3)c2)C(=O)N1Cc1ccc(C(=O)Nc2nn[nH]n2)cc1. The summed E-state index contributed by atoms with van der Waals surface area (Å²) in [7, 11) is 0. The number of H-pyrrole nitrogens is 1. The van der Waals surface area contributed by atoms with Gasteiger partial charge in [0, 0.05) is 30.2 Å². The number of carbonyl (C=O) groups excluding carboxylic acids is 2. The first-order valence-corrected chi connectivity index (χ1v) is 15.0.